The second kappa shape index (κ2) is 8.18. The molecule has 132 valence electrons. The molecular weight excluding hydrogens is 505 g/mol. The van der Waals surface area contributed by atoms with E-state index in [4.69, 9.17) is 0 Å². The first-order valence-electron chi connectivity index (χ1n) is 8.00. The number of benzene rings is 2. The van der Waals surface area contributed by atoms with Crippen molar-refractivity contribution in [1.29, 1.82) is 0 Å². The van der Waals surface area contributed by atoms with Gasteiger partial charge in [-0.15, -0.1) is 0 Å². The smallest absolute Gasteiger partial charge is 0.272 e. The van der Waals surface area contributed by atoms with E-state index in [1.165, 1.54) is 3.57 Å². The third-order valence-electron chi connectivity index (χ3n) is 4.04. The van der Waals surface area contributed by atoms with Crippen LogP contribution in [0.2, 0.25) is 0 Å². The predicted molar refractivity (Wildman–Crippen MR) is 117 cm³/mol. The Morgan fingerprint density at radius 2 is 1.85 bits per heavy atom. The van der Waals surface area contributed by atoms with Gasteiger partial charge in [0.15, 0.2) is 0 Å². The van der Waals surface area contributed by atoms with Gasteiger partial charge in [0.25, 0.3) is 5.91 Å². The molecule has 4 nitrogen and oxygen atoms in total. The minimum atomic E-state index is -0.250. The molecule has 0 bridgehead atoms. The van der Waals surface area contributed by atoms with Crippen molar-refractivity contribution in [2.45, 2.75) is 13.8 Å². The van der Waals surface area contributed by atoms with E-state index >= 15 is 0 Å². The van der Waals surface area contributed by atoms with Crippen LogP contribution in [0.1, 0.15) is 27.3 Å². The van der Waals surface area contributed by atoms with Crippen LogP contribution in [0.5, 0.6) is 0 Å². The molecule has 0 saturated heterocycles. The van der Waals surface area contributed by atoms with Crippen molar-refractivity contribution < 1.29 is 4.79 Å². The number of aryl methyl sites for hydroxylation is 1. The lowest BCUT2D eigenvalue weighted by atomic mass is 10.2. The number of hydrogen-bond donors (Lipinski definition) is 1. The molecule has 3 aromatic rings. The van der Waals surface area contributed by atoms with E-state index < -0.39 is 0 Å². The summed E-state index contributed by atoms with van der Waals surface area (Å²) in [6, 6.07) is 17.7. The van der Waals surface area contributed by atoms with Gasteiger partial charge < -0.3 is 4.57 Å². The molecule has 26 heavy (non-hydrogen) atoms. The van der Waals surface area contributed by atoms with E-state index in [0.29, 0.717) is 5.56 Å². The van der Waals surface area contributed by atoms with Gasteiger partial charge in [-0.1, -0.05) is 12.1 Å². The Kier molecular flexibility index (Phi) is 5.93. The molecule has 2 aromatic carbocycles. The number of nitrogens with zero attached hydrogens (tertiary/aromatic N) is 2. The zero-order valence-corrected chi connectivity index (χ0v) is 18.1. The number of aromatic nitrogens is 1. The van der Waals surface area contributed by atoms with Crippen LogP contribution in [0, 0.1) is 17.4 Å². The Labute approximate surface area is 174 Å². The summed E-state index contributed by atoms with van der Waals surface area (Å²) < 4.78 is 4.11. The maximum absolute atomic E-state index is 12.2. The Balaban J connectivity index is 1.79. The second-order valence-corrected chi connectivity index (χ2v) is 7.92. The fourth-order valence-electron chi connectivity index (χ4n) is 2.77. The Morgan fingerprint density at radius 3 is 2.54 bits per heavy atom. The van der Waals surface area contributed by atoms with Crippen LogP contribution in [0.15, 0.2) is 64.2 Å². The van der Waals surface area contributed by atoms with Crippen LogP contribution in [-0.2, 0) is 0 Å². The highest BCUT2D eigenvalue weighted by molar-refractivity contribution is 14.1. The van der Waals surface area contributed by atoms with Gasteiger partial charge in [-0.3, -0.25) is 4.79 Å². The van der Waals surface area contributed by atoms with Crippen molar-refractivity contribution in [3.05, 3.63) is 85.2 Å². The van der Waals surface area contributed by atoms with Gasteiger partial charge in [-0.05, 0) is 94.8 Å². The number of amides is 1. The predicted octanol–water partition coefficient (Wildman–Crippen LogP) is 5.23. The van der Waals surface area contributed by atoms with E-state index in [2.05, 4.69) is 90.9 Å². The molecular formula is C20H17BrIN3O. The molecule has 0 aliphatic carbocycles. The Morgan fingerprint density at radius 1 is 1.15 bits per heavy atom. The van der Waals surface area contributed by atoms with Crippen LogP contribution in [0.3, 0.4) is 0 Å². The third kappa shape index (κ3) is 4.07. The minimum Gasteiger partial charge on any atom is -0.318 e. The summed E-state index contributed by atoms with van der Waals surface area (Å²) in [5.41, 5.74) is 7.39. The van der Waals surface area contributed by atoms with Crippen molar-refractivity contribution in [3.8, 4) is 5.69 Å². The zero-order valence-electron chi connectivity index (χ0n) is 14.3. The summed E-state index contributed by atoms with van der Waals surface area (Å²) in [6.45, 7) is 4.10. The highest BCUT2D eigenvalue weighted by Crippen LogP contribution is 2.20. The highest BCUT2D eigenvalue weighted by atomic mass is 127. The largest absolute Gasteiger partial charge is 0.318 e. The fraction of sp³-hybridized carbons (Fsp3) is 0.100. The number of carbonyl (C=O) groups excluding carboxylic acids is 1. The summed E-state index contributed by atoms with van der Waals surface area (Å²) >= 11 is 5.67. The molecule has 1 aromatic heterocycles. The molecule has 1 N–H and O–H groups in total. The molecule has 3 rings (SSSR count). The Hall–Kier alpha value is -1.93. The number of hydrogen-bond acceptors (Lipinski definition) is 2. The standard InChI is InChI=1S/C20H17BrIN3O/c1-13-11-15(14(2)25(13)17-9-7-16(22)8-10-17)12-23-24-20(26)18-5-3-4-6-19(18)21/h3-12H,1-2H3,(H,24,26)/b23-12-. The van der Waals surface area contributed by atoms with Crippen molar-refractivity contribution in [2.24, 2.45) is 5.10 Å². The van der Waals surface area contributed by atoms with Crippen molar-refractivity contribution in [3.63, 3.8) is 0 Å². The normalized spacial score (nSPS) is 11.1. The number of rotatable bonds is 4. The lowest BCUT2D eigenvalue weighted by Gasteiger charge is -2.09. The van der Waals surface area contributed by atoms with Crippen molar-refractivity contribution >= 4 is 50.6 Å². The number of hydrazone groups is 1. The fourth-order valence-corrected chi connectivity index (χ4v) is 3.60. The quantitative estimate of drug-likeness (QED) is 0.285. The Bertz CT molecular complexity index is 977. The van der Waals surface area contributed by atoms with E-state index in [1.54, 1.807) is 12.3 Å². The summed E-state index contributed by atoms with van der Waals surface area (Å²) in [5, 5.41) is 4.12. The molecule has 0 unspecified atom stereocenters. The molecule has 0 saturated carbocycles. The zero-order chi connectivity index (χ0) is 18.7. The summed E-state index contributed by atoms with van der Waals surface area (Å²) in [4.78, 5) is 12.2. The molecule has 0 radical (unpaired) electrons. The van der Waals surface area contributed by atoms with Crippen LogP contribution in [-0.4, -0.2) is 16.7 Å². The van der Waals surface area contributed by atoms with Gasteiger partial charge in [0, 0.05) is 30.7 Å². The van der Waals surface area contributed by atoms with Gasteiger partial charge >= 0.3 is 0 Å². The maximum atomic E-state index is 12.2. The molecule has 1 heterocycles. The average Bonchev–Trinajstić information content (AvgIpc) is 2.90. The maximum Gasteiger partial charge on any atom is 0.272 e. The molecule has 0 fully saturated rings. The SMILES string of the molecule is Cc1cc(/C=N\NC(=O)c2ccccc2Br)c(C)n1-c1ccc(I)cc1. The van der Waals surface area contributed by atoms with Crippen LogP contribution in [0.4, 0.5) is 0 Å². The van der Waals surface area contributed by atoms with E-state index in [9.17, 15) is 4.79 Å². The second-order valence-electron chi connectivity index (χ2n) is 5.82. The highest BCUT2D eigenvalue weighted by Gasteiger charge is 2.10. The number of nitrogens with one attached hydrogen (secondary N) is 1. The molecule has 0 aliphatic heterocycles. The topological polar surface area (TPSA) is 46.4 Å². The third-order valence-corrected chi connectivity index (χ3v) is 5.45. The van der Waals surface area contributed by atoms with E-state index in [1.807, 2.05) is 25.1 Å². The van der Waals surface area contributed by atoms with Gasteiger partial charge in [-0.25, -0.2) is 5.43 Å². The summed E-state index contributed by atoms with van der Waals surface area (Å²) in [5.74, 6) is -0.250. The summed E-state index contributed by atoms with van der Waals surface area (Å²) in [7, 11) is 0. The monoisotopic (exact) mass is 521 g/mol. The molecule has 6 heteroatoms. The van der Waals surface area contributed by atoms with Crippen LogP contribution < -0.4 is 5.43 Å². The van der Waals surface area contributed by atoms with Gasteiger partial charge in [0.2, 0.25) is 0 Å². The average molecular weight is 522 g/mol. The minimum absolute atomic E-state index is 0.250. The van der Waals surface area contributed by atoms with E-state index in [-0.39, 0.29) is 5.91 Å². The van der Waals surface area contributed by atoms with Crippen molar-refractivity contribution in [2.75, 3.05) is 0 Å². The van der Waals surface area contributed by atoms with E-state index in [0.717, 1.165) is 27.1 Å². The van der Waals surface area contributed by atoms with Crippen molar-refractivity contribution in [1.82, 2.24) is 9.99 Å². The number of carbonyl (C=O) groups is 1. The lowest BCUT2D eigenvalue weighted by molar-refractivity contribution is 0.0954. The number of halogens is 2. The first-order chi connectivity index (χ1) is 12.5. The summed E-state index contributed by atoms with van der Waals surface area (Å²) in [6.07, 6.45) is 1.68. The van der Waals surface area contributed by atoms with Gasteiger partial charge in [0.05, 0.1) is 11.8 Å². The lowest BCUT2D eigenvalue weighted by Crippen LogP contribution is -2.18. The molecule has 0 aliphatic rings. The van der Waals surface area contributed by atoms with Gasteiger partial charge in [0.1, 0.15) is 0 Å². The molecule has 0 spiro atoms. The molecule has 0 atom stereocenters. The van der Waals surface area contributed by atoms with Gasteiger partial charge in [-0.2, -0.15) is 5.10 Å². The van der Waals surface area contributed by atoms with Crippen LogP contribution >= 0.6 is 38.5 Å². The molecule has 1 amide bonds. The van der Waals surface area contributed by atoms with Crippen LogP contribution in [0.25, 0.3) is 5.69 Å². The first-order valence-corrected chi connectivity index (χ1v) is 9.87. The first kappa shape index (κ1) is 18.8.